The zero-order valence-corrected chi connectivity index (χ0v) is 20.1. The molecule has 1 aromatic carbocycles. The van der Waals surface area contributed by atoms with Crippen molar-refractivity contribution in [2.24, 2.45) is 5.41 Å². The van der Waals surface area contributed by atoms with Crippen LogP contribution in [0.5, 0.6) is 0 Å². The lowest BCUT2D eigenvalue weighted by Crippen LogP contribution is -2.47. The van der Waals surface area contributed by atoms with Gasteiger partial charge < -0.3 is 19.5 Å². The van der Waals surface area contributed by atoms with Crippen molar-refractivity contribution in [1.29, 1.82) is 0 Å². The molecule has 7 nitrogen and oxygen atoms in total. The summed E-state index contributed by atoms with van der Waals surface area (Å²) < 4.78 is 12.3. The highest BCUT2D eigenvalue weighted by atomic mass is 79.9. The molecule has 0 bridgehead atoms. The number of carbonyl (C=O) groups is 2. The van der Waals surface area contributed by atoms with Gasteiger partial charge in [-0.25, -0.2) is 9.59 Å². The predicted molar refractivity (Wildman–Crippen MR) is 126 cm³/mol. The number of aliphatic carboxylic acids is 1. The monoisotopic (exact) mass is 516 g/mol. The van der Waals surface area contributed by atoms with Crippen molar-refractivity contribution in [3.05, 3.63) is 64.4 Å². The molecule has 1 aromatic heterocycles. The Kier molecular flexibility index (Phi) is 7.34. The molecule has 176 valence electrons. The number of ether oxygens (including phenoxy) is 2. The number of likely N-dealkylation sites (tertiary alicyclic amines) is 1. The number of nitrogens with zero attached hydrogens (tertiary/aromatic N) is 2. The average molecular weight is 517 g/mol. The Labute approximate surface area is 202 Å². The van der Waals surface area contributed by atoms with Crippen LogP contribution in [0.1, 0.15) is 49.8 Å². The molecule has 1 saturated carbocycles. The molecular weight excluding hydrogens is 488 g/mol. The number of carboxylic acid groups (broad SMARTS) is 1. The lowest BCUT2D eigenvalue weighted by molar-refractivity contribution is -0.158. The molecule has 4 rings (SSSR count). The first-order valence-corrected chi connectivity index (χ1v) is 12.1. The fourth-order valence-corrected chi connectivity index (χ4v) is 5.21. The third-order valence-corrected chi connectivity index (χ3v) is 7.54. The van der Waals surface area contributed by atoms with Gasteiger partial charge in [-0.15, -0.1) is 0 Å². The Hall–Kier alpha value is -2.45. The Morgan fingerprint density at radius 2 is 1.70 bits per heavy atom. The Balaban J connectivity index is 1.34. The molecule has 1 saturated heterocycles. The largest absolute Gasteiger partial charge is 0.480 e. The van der Waals surface area contributed by atoms with Crippen molar-refractivity contribution in [3.63, 3.8) is 0 Å². The van der Waals surface area contributed by atoms with Crippen molar-refractivity contribution < 1.29 is 24.2 Å². The second-order valence-corrected chi connectivity index (χ2v) is 9.98. The van der Waals surface area contributed by atoms with E-state index in [-0.39, 0.29) is 24.7 Å². The molecule has 1 aliphatic carbocycles. The van der Waals surface area contributed by atoms with Gasteiger partial charge in [-0.05, 0) is 77.6 Å². The number of piperidine rings is 1. The smallest absolute Gasteiger partial charge is 0.410 e. The molecule has 0 radical (unpaired) electrons. The topological polar surface area (TPSA) is 89.0 Å². The fraction of sp³-hybridized carbons (Fsp3) is 0.480. The van der Waals surface area contributed by atoms with Crippen LogP contribution >= 0.6 is 15.9 Å². The van der Waals surface area contributed by atoms with E-state index in [0.29, 0.717) is 25.9 Å². The van der Waals surface area contributed by atoms with Gasteiger partial charge in [0.2, 0.25) is 0 Å². The summed E-state index contributed by atoms with van der Waals surface area (Å²) in [7, 11) is 0. The van der Waals surface area contributed by atoms with Gasteiger partial charge in [-0.3, -0.25) is 4.98 Å². The highest BCUT2D eigenvalue weighted by Gasteiger charge is 2.47. The number of benzene rings is 1. The van der Waals surface area contributed by atoms with Crippen molar-refractivity contribution in [1.82, 2.24) is 9.88 Å². The first kappa shape index (κ1) is 23.7. The molecule has 2 aromatic rings. The predicted octanol–water partition coefficient (Wildman–Crippen LogP) is 5.13. The third-order valence-electron chi connectivity index (χ3n) is 7.07. The van der Waals surface area contributed by atoms with Gasteiger partial charge in [0.1, 0.15) is 18.8 Å². The SMILES string of the molecule is O=C(O)COC1(c2ccc(Br)cn2)CCC2(CCN(C(=O)OCc3ccccc3)CC2)CC1. The summed E-state index contributed by atoms with van der Waals surface area (Å²) >= 11 is 3.41. The first-order chi connectivity index (χ1) is 15.9. The van der Waals surface area contributed by atoms with Crippen LogP contribution in [0.3, 0.4) is 0 Å². The minimum absolute atomic E-state index is 0.141. The number of pyridine rings is 1. The maximum atomic E-state index is 12.5. The van der Waals surface area contributed by atoms with Crippen LogP contribution in [0.4, 0.5) is 4.79 Å². The minimum Gasteiger partial charge on any atom is -0.480 e. The number of amides is 1. The van der Waals surface area contributed by atoms with E-state index in [1.54, 1.807) is 11.1 Å². The van der Waals surface area contributed by atoms with Crippen molar-refractivity contribution in [3.8, 4) is 0 Å². The Morgan fingerprint density at radius 1 is 1.00 bits per heavy atom. The Bertz CT molecular complexity index is 949. The summed E-state index contributed by atoms with van der Waals surface area (Å²) in [6, 6.07) is 13.5. The number of carboxylic acids is 1. The van der Waals surface area contributed by atoms with Crippen LogP contribution in [0.15, 0.2) is 53.1 Å². The average Bonchev–Trinajstić information content (AvgIpc) is 2.84. The highest BCUT2D eigenvalue weighted by molar-refractivity contribution is 9.10. The van der Waals surface area contributed by atoms with Crippen LogP contribution in [0.2, 0.25) is 0 Å². The molecule has 33 heavy (non-hydrogen) atoms. The van der Waals surface area contributed by atoms with Gasteiger partial charge in [-0.1, -0.05) is 30.3 Å². The van der Waals surface area contributed by atoms with Crippen molar-refractivity contribution in [2.75, 3.05) is 19.7 Å². The standard InChI is InChI=1S/C25H29BrN2O5/c26-20-6-7-21(27-16-20)25(33-18-22(29)30)10-8-24(9-11-25)12-14-28(15-13-24)23(31)32-17-19-4-2-1-3-5-19/h1-7,16H,8-15,17-18H2,(H,29,30). The van der Waals surface area contributed by atoms with Crippen LogP contribution in [0.25, 0.3) is 0 Å². The molecule has 1 amide bonds. The molecule has 2 fully saturated rings. The van der Waals surface area contributed by atoms with E-state index in [9.17, 15) is 14.7 Å². The van der Waals surface area contributed by atoms with Crippen molar-refractivity contribution >= 4 is 28.0 Å². The van der Waals surface area contributed by atoms with E-state index in [2.05, 4.69) is 20.9 Å². The van der Waals surface area contributed by atoms with E-state index in [4.69, 9.17) is 9.47 Å². The Morgan fingerprint density at radius 3 is 2.30 bits per heavy atom. The van der Waals surface area contributed by atoms with Gasteiger partial charge in [0.25, 0.3) is 0 Å². The quantitative estimate of drug-likeness (QED) is 0.572. The third kappa shape index (κ3) is 5.73. The maximum absolute atomic E-state index is 12.5. The van der Waals surface area contributed by atoms with Crippen LogP contribution in [-0.2, 0) is 26.5 Å². The summed E-state index contributed by atoms with van der Waals surface area (Å²) in [6.45, 7) is 1.29. The van der Waals surface area contributed by atoms with E-state index in [1.807, 2.05) is 42.5 Å². The number of hydrogen-bond acceptors (Lipinski definition) is 5. The van der Waals surface area contributed by atoms with E-state index >= 15 is 0 Å². The van der Waals surface area contributed by atoms with E-state index < -0.39 is 11.6 Å². The first-order valence-electron chi connectivity index (χ1n) is 11.3. The maximum Gasteiger partial charge on any atom is 0.410 e. The van der Waals surface area contributed by atoms with Crippen LogP contribution in [0, 0.1) is 5.41 Å². The summed E-state index contributed by atoms with van der Waals surface area (Å²) in [5.74, 6) is -0.978. The summed E-state index contributed by atoms with van der Waals surface area (Å²) in [4.78, 5) is 30.1. The van der Waals surface area contributed by atoms with Crippen LogP contribution in [-0.4, -0.2) is 46.7 Å². The lowest BCUT2D eigenvalue weighted by Gasteiger charge is -2.49. The molecule has 8 heteroatoms. The normalized spacial score (nSPS) is 19.2. The number of halogens is 1. The fourth-order valence-electron chi connectivity index (χ4n) is 4.98. The molecular formula is C25H29BrN2O5. The van der Waals surface area contributed by atoms with Crippen LogP contribution < -0.4 is 0 Å². The molecule has 0 unspecified atom stereocenters. The molecule has 1 N–H and O–H groups in total. The van der Waals surface area contributed by atoms with E-state index in [1.165, 1.54) is 0 Å². The lowest BCUT2D eigenvalue weighted by atomic mass is 9.63. The number of carbonyl (C=O) groups excluding carboxylic acids is 1. The molecule has 2 aliphatic rings. The molecule has 0 atom stereocenters. The summed E-state index contributed by atoms with van der Waals surface area (Å²) in [6.07, 6.45) is 6.55. The van der Waals surface area contributed by atoms with E-state index in [0.717, 1.165) is 41.4 Å². The summed E-state index contributed by atoms with van der Waals surface area (Å²) in [5.41, 5.74) is 1.21. The van der Waals surface area contributed by atoms with Gasteiger partial charge >= 0.3 is 12.1 Å². The molecule has 2 heterocycles. The molecule has 1 spiro atoms. The summed E-state index contributed by atoms with van der Waals surface area (Å²) in [5, 5.41) is 9.19. The second-order valence-electron chi connectivity index (χ2n) is 9.07. The molecule has 1 aliphatic heterocycles. The van der Waals surface area contributed by atoms with Crippen molar-refractivity contribution in [2.45, 2.75) is 50.7 Å². The highest BCUT2D eigenvalue weighted by Crippen LogP contribution is 2.51. The van der Waals surface area contributed by atoms with Gasteiger partial charge in [0, 0.05) is 23.8 Å². The number of hydrogen-bond donors (Lipinski definition) is 1. The second kappa shape index (κ2) is 10.2. The number of aromatic nitrogens is 1. The zero-order chi connectivity index (χ0) is 23.3. The van der Waals surface area contributed by atoms with Gasteiger partial charge in [-0.2, -0.15) is 0 Å². The number of rotatable bonds is 6. The van der Waals surface area contributed by atoms with Gasteiger partial charge in [0.05, 0.1) is 5.69 Å². The van der Waals surface area contributed by atoms with Gasteiger partial charge in [0.15, 0.2) is 0 Å². The minimum atomic E-state index is -0.978. The zero-order valence-electron chi connectivity index (χ0n) is 18.5.